The van der Waals surface area contributed by atoms with Crippen LogP contribution in [-0.2, 0) is 35.3 Å². The first kappa shape index (κ1) is 39.5. The molecule has 0 aromatic heterocycles. The average molecular weight is 700 g/mol. The Kier molecular flexibility index (Phi) is 16.1. The van der Waals surface area contributed by atoms with Crippen LogP contribution in [0.2, 0.25) is 0 Å². The lowest BCUT2D eigenvalue weighted by Gasteiger charge is -2.35. The molecule has 8 nitrogen and oxygen atoms in total. The van der Waals surface area contributed by atoms with Gasteiger partial charge in [0.25, 0.3) is 0 Å². The molecule has 1 unspecified atom stereocenters. The minimum atomic E-state index is -3.43. The van der Waals surface area contributed by atoms with Crippen molar-refractivity contribution in [3.8, 4) is 5.75 Å². The third-order valence-corrected chi connectivity index (χ3v) is 11.9. The number of Topliss-reactive ketones (excluding diaryl/α,β-unsaturated/α-hetero) is 1. The lowest BCUT2D eigenvalue weighted by Crippen LogP contribution is -2.43. The number of hydrogen-bond acceptors (Lipinski definition) is 8. The van der Waals surface area contributed by atoms with Gasteiger partial charge in [0.1, 0.15) is 17.6 Å². The number of likely N-dealkylation sites (tertiary alicyclic amines) is 1. The fourth-order valence-corrected chi connectivity index (χ4v) is 8.50. The topological polar surface area (TPSA) is 91.4 Å². The van der Waals surface area contributed by atoms with Crippen LogP contribution in [0, 0.1) is 11.3 Å². The molecule has 0 spiro atoms. The molecule has 274 valence electrons. The number of nitrogens with zero attached hydrogens (tertiary/aromatic N) is 1. The molecule has 4 rings (SSSR count). The number of rotatable bonds is 22. The van der Waals surface area contributed by atoms with E-state index in [1.54, 1.807) is 24.3 Å². The third kappa shape index (κ3) is 12.8. The van der Waals surface area contributed by atoms with Crippen LogP contribution in [-0.4, -0.2) is 83.6 Å². The quantitative estimate of drug-likeness (QED) is 0.116. The smallest absolute Gasteiger partial charge is 0.178 e. The zero-order valence-corrected chi connectivity index (χ0v) is 31.3. The van der Waals surface area contributed by atoms with E-state index in [0.29, 0.717) is 87.3 Å². The van der Waals surface area contributed by atoms with Gasteiger partial charge in [0, 0.05) is 26.1 Å². The van der Waals surface area contributed by atoms with Crippen LogP contribution >= 0.6 is 0 Å². The second-order valence-corrected chi connectivity index (χ2v) is 16.8. The Labute approximate surface area is 296 Å². The van der Waals surface area contributed by atoms with E-state index in [0.717, 1.165) is 38.8 Å². The van der Waals surface area contributed by atoms with Gasteiger partial charge >= 0.3 is 0 Å². The summed E-state index contributed by atoms with van der Waals surface area (Å²) in [4.78, 5) is 15.1. The highest BCUT2D eigenvalue weighted by atomic mass is 32.2. The predicted octanol–water partition coefficient (Wildman–Crippen LogP) is 7.63. The van der Waals surface area contributed by atoms with Gasteiger partial charge in [-0.2, -0.15) is 0 Å². The van der Waals surface area contributed by atoms with E-state index in [-0.39, 0.29) is 17.3 Å². The van der Waals surface area contributed by atoms with Crippen molar-refractivity contribution in [1.29, 1.82) is 0 Å². The number of ketones is 1. The first-order valence-electron chi connectivity index (χ1n) is 18.6. The van der Waals surface area contributed by atoms with Crippen molar-refractivity contribution in [2.45, 2.75) is 109 Å². The van der Waals surface area contributed by atoms with E-state index in [1.165, 1.54) is 30.4 Å². The number of fused-ring (bicyclic) bond motifs is 1. The van der Waals surface area contributed by atoms with Gasteiger partial charge in [-0.05, 0) is 98.3 Å². The Morgan fingerprint density at radius 2 is 1.47 bits per heavy atom. The molecule has 1 heterocycles. The highest BCUT2D eigenvalue weighted by Gasteiger charge is 2.38. The summed E-state index contributed by atoms with van der Waals surface area (Å²) in [6.07, 6.45) is 9.11. The average Bonchev–Trinajstić information content (AvgIpc) is 3.45. The maximum atomic E-state index is 13.0. The number of piperidine rings is 1. The number of ether oxygens (including phenoxy) is 4. The van der Waals surface area contributed by atoms with Crippen LogP contribution in [0.25, 0.3) is 0 Å². The van der Waals surface area contributed by atoms with Crippen molar-refractivity contribution >= 4 is 15.6 Å². The van der Waals surface area contributed by atoms with Gasteiger partial charge in [0.05, 0.1) is 43.1 Å². The lowest BCUT2D eigenvalue weighted by molar-refractivity contribution is -0.119. The van der Waals surface area contributed by atoms with E-state index in [4.69, 9.17) is 18.9 Å². The molecule has 3 atom stereocenters. The van der Waals surface area contributed by atoms with E-state index < -0.39 is 9.84 Å². The minimum absolute atomic E-state index is 0.0210. The Morgan fingerprint density at radius 3 is 2.12 bits per heavy atom. The number of benzene rings is 2. The molecule has 0 bridgehead atoms. The Bertz CT molecular complexity index is 1370. The number of sulfone groups is 1. The largest absolute Gasteiger partial charge is 0.484 e. The maximum Gasteiger partial charge on any atom is 0.178 e. The SMILES string of the molecule is CCC(CCC(=O)CCCOCCOCCOCCCS(=O)(=O)c1ccc(O[C@H]2c3ccccc3C[C@@H]2N2CCCCC2)cc1)C(C)(C)C. The summed E-state index contributed by atoms with van der Waals surface area (Å²) >= 11 is 0. The zero-order valence-electron chi connectivity index (χ0n) is 30.5. The van der Waals surface area contributed by atoms with Crippen molar-refractivity contribution < 1.29 is 32.2 Å². The maximum absolute atomic E-state index is 13.0. The van der Waals surface area contributed by atoms with Crippen molar-refractivity contribution in [3.63, 3.8) is 0 Å². The monoisotopic (exact) mass is 699 g/mol. The second-order valence-electron chi connectivity index (χ2n) is 14.7. The summed E-state index contributed by atoms with van der Waals surface area (Å²) in [5, 5.41) is 0. The van der Waals surface area contributed by atoms with Crippen LogP contribution in [0.3, 0.4) is 0 Å². The molecule has 2 aliphatic rings. The van der Waals surface area contributed by atoms with Crippen LogP contribution in [0.15, 0.2) is 53.4 Å². The van der Waals surface area contributed by atoms with Crippen molar-refractivity contribution in [3.05, 3.63) is 59.7 Å². The molecule has 1 aliphatic heterocycles. The summed E-state index contributed by atoms with van der Waals surface area (Å²) < 4.78 is 49.3. The Hall–Kier alpha value is -2.30. The van der Waals surface area contributed by atoms with E-state index in [1.807, 2.05) is 0 Å². The standard InChI is InChI=1S/C40H61NO7S/c1-5-33(40(2,3)4)16-17-34(42)14-11-24-45-26-28-47-29-27-46-25-12-30-49(43,44)36-20-18-35(19-21-36)48-39-37-15-8-7-13-32(37)31-38(39)41-22-9-6-10-23-41/h7-8,13,15,18-21,33,38-39H,5-6,9-12,14,16-17,22-31H2,1-4H3/t33?,38-,39-/m0/s1. The highest BCUT2D eigenvalue weighted by Crippen LogP contribution is 2.39. The summed E-state index contributed by atoms with van der Waals surface area (Å²) in [6.45, 7) is 13.8. The van der Waals surface area contributed by atoms with Gasteiger partial charge in [-0.3, -0.25) is 9.69 Å². The van der Waals surface area contributed by atoms with Crippen molar-refractivity contribution in [1.82, 2.24) is 4.90 Å². The molecular formula is C40H61NO7S. The Balaban J connectivity index is 1.05. The highest BCUT2D eigenvalue weighted by molar-refractivity contribution is 7.91. The van der Waals surface area contributed by atoms with E-state index in [9.17, 15) is 13.2 Å². The molecule has 1 aliphatic carbocycles. The number of carbonyl (C=O) groups is 1. The van der Waals surface area contributed by atoms with Crippen LogP contribution in [0.5, 0.6) is 5.75 Å². The fraction of sp³-hybridized carbons (Fsp3) is 0.675. The number of carbonyl (C=O) groups excluding carboxylic acids is 1. The molecule has 0 radical (unpaired) electrons. The van der Waals surface area contributed by atoms with Crippen LogP contribution < -0.4 is 4.74 Å². The molecule has 49 heavy (non-hydrogen) atoms. The van der Waals surface area contributed by atoms with Gasteiger partial charge in [0.15, 0.2) is 9.84 Å². The number of hydrogen-bond donors (Lipinski definition) is 0. The summed E-state index contributed by atoms with van der Waals surface area (Å²) in [7, 11) is -3.43. The molecule has 2 aromatic rings. The summed E-state index contributed by atoms with van der Waals surface area (Å²) in [6, 6.07) is 15.7. The lowest BCUT2D eigenvalue weighted by atomic mass is 9.76. The molecule has 1 fully saturated rings. The molecule has 9 heteroatoms. The first-order chi connectivity index (χ1) is 23.6. The molecule has 2 aromatic carbocycles. The third-order valence-electron chi connectivity index (χ3n) is 10.1. The van der Waals surface area contributed by atoms with E-state index in [2.05, 4.69) is 56.9 Å². The van der Waals surface area contributed by atoms with Crippen molar-refractivity contribution in [2.75, 3.05) is 58.5 Å². The summed E-state index contributed by atoms with van der Waals surface area (Å²) in [5.41, 5.74) is 2.82. The fourth-order valence-electron chi connectivity index (χ4n) is 7.21. The normalized spacial score (nSPS) is 19.1. The van der Waals surface area contributed by atoms with Gasteiger partial charge in [-0.1, -0.05) is 64.8 Å². The zero-order chi connectivity index (χ0) is 35.1. The summed E-state index contributed by atoms with van der Waals surface area (Å²) in [5.74, 6) is 1.61. The molecule has 0 saturated carbocycles. The Morgan fingerprint density at radius 1 is 0.837 bits per heavy atom. The molecule has 0 N–H and O–H groups in total. The van der Waals surface area contributed by atoms with Gasteiger partial charge in [0.2, 0.25) is 0 Å². The van der Waals surface area contributed by atoms with E-state index >= 15 is 0 Å². The second kappa shape index (κ2) is 19.9. The molecular weight excluding hydrogens is 639 g/mol. The van der Waals surface area contributed by atoms with Gasteiger partial charge in [-0.25, -0.2) is 8.42 Å². The van der Waals surface area contributed by atoms with Crippen LogP contribution in [0.4, 0.5) is 0 Å². The van der Waals surface area contributed by atoms with Crippen LogP contribution in [0.1, 0.15) is 103 Å². The van der Waals surface area contributed by atoms with Gasteiger partial charge < -0.3 is 18.9 Å². The first-order valence-corrected chi connectivity index (χ1v) is 20.3. The molecule has 0 amide bonds. The minimum Gasteiger partial charge on any atom is -0.484 e. The molecule has 1 saturated heterocycles. The van der Waals surface area contributed by atoms with Gasteiger partial charge in [-0.15, -0.1) is 0 Å². The predicted molar refractivity (Wildman–Crippen MR) is 195 cm³/mol. The van der Waals surface area contributed by atoms with Crippen molar-refractivity contribution in [2.24, 2.45) is 11.3 Å².